The number of para-hydroxylation sites is 1. The number of hydrogen-bond acceptors (Lipinski definition) is 4. The number of hydrogen-bond donors (Lipinski definition) is 2. The Hall–Kier alpha value is -1.31. The van der Waals surface area contributed by atoms with Crippen molar-refractivity contribution in [2.75, 3.05) is 17.2 Å². The van der Waals surface area contributed by atoms with E-state index in [4.69, 9.17) is 22.5 Å². The Morgan fingerprint density at radius 2 is 2.06 bits per heavy atom. The Kier molecular flexibility index (Phi) is 3.22. The molecular weight excluding hydrogens is 278 g/mol. The first-order valence-electron chi connectivity index (χ1n) is 5.16. The molecule has 1 aliphatic heterocycles. The molecule has 1 heterocycles. The topological polar surface area (TPSA) is 106 Å². The molecule has 98 valence electrons. The second-order valence-electron chi connectivity index (χ2n) is 4.09. The smallest absolute Gasteiger partial charge is 0.228 e. The summed E-state index contributed by atoms with van der Waals surface area (Å²) in [5.74, 6) is -0.331. The molecule has 18 heavy (non-hydrogen) atoms. The van der Waals surface area contributed by atoms with Gasteiger partial charge in [0.2, 0.25) is 15.9 Å². The van der Waals surface area contributed by atoms with E-state index in [2.05, 4.69) is 0 Å². The number of halogens is 1. The molecule has 1 aliphatic rings. The second kappa shape index (κ2) is 4.42. The molecular formula is C10H12ClN3O3S. The number of sulfonamides is 1. The Morgan fingerprint density at radius 3 is 2.61 bits per heavy atom. The zero-order valence-corrected chi connectivity index (χ0v) is 10.9. The number of nitrogen functional groups attached to an aromatic ring is 1. The van der Waals surface area contributed by atoms with E-state index in [1.165, 1.54) is 4.90 Å². The average Bonchev–Trinajstić information content (AvgIpc) is 2.64. The summed E-state index contributed by atoms with van der Waals surface area (Å²) < 4.78 is 22.5. The van der Waals surface area contributed by atoms with Crippen molar-refractivity contribution >= 4 is 38.9 Å². The third-order valence-electron chi connectivity index (χ3n) is 2.87. The van der Waals surface area contributed by atoms with Crippen LogP contribution in [0.15, 0.2) is 18.2 Å². The number of nitrogens with zero attached hydrogens (tertiary/aromatic N) is 1. The Bertz CT molecular complexity index is 602. The standard InChI is InChI=1S/C10H12ClN3O3S/c11-7-2-1-3-8(10(7)12)14-5-6(4-9(14)15)18(13,16)17/h1-3,6H,4-5,12H2,(H2,13,16,17). The predicted molar refractivity (Wildman–Crippen MR) is 69.7 cm³/mol. The number of benzene rings is 1. The van der Waals surface area contributed by atoms with E-state index >= 15 is 0 Å². The molecule has 1 unspecified atom stereocenters. The van der Waals surface area contributed by atoms with Crippen LogP contribution in [-0.2, 0) is 14.8 Å². The monoisotopic (exact) mass is 289 g/mol. The van der Waals surface area contributed by atoms with Crippen molar-refractivity contribution in [3.05, 3.63) is 23.2 Å². The van der Waals surface area contributed by atoms with Crippen LogP contribution < -0.4 is 15.8 Å². The fourth-order valence-electron chi connectivity index (χ4n) is 1.89. The normalized spacial score (nSPS) is 20.4. The lowest BCUT2D eigenvalue weighted by Gasteiger charge is -2.18. The van der Waals surface area contributed by atoms with E-state index in [9.17, 15) is 13.2 Å². The van der Waals surface area contributed by atoms with Gasteiger partial charge >= 0.3 is 0 Å². The van der Waals surface area contributed by atoms with E-state index in [0.29, 0.717) is 10.7 Å². The third-order valence-corrected chi connectivity index (χ3v) is 4.45. The maximum absolute atomic E-state index is 11.8. The molecule has 6 nitrogen and oxygen atoms in total. The van der Waals surface area contributed by atoms with Gasteiger partial charge in [0.15, 0.2) is 0 Å². The van der Waals surface area contributed by atoms with Crippen LogP contribution >= 0.6 is 11.6 Å². The number of nitrogens with two attached hydrogens (primary N) is 2. The predicted octanol–water partition coefficient (Wildman–Crippen LogP) is 0.316. The molecule has 0 aromatic heterocycles. The number of carbonyl (C=O) groups excluding carboxylic acids is 1. The molecule has 0 bridgehead atoms. The van der Waals surface area contributed by atoms with Crippen LogP contribution in [0.1, 0.15) is 6.42 Å². The lowest BCUT2D eigenvalue weighted by molar-refractivity contribution is -0.117. The lowest BCUT2D eigenvalue weighted by atomic mass is 10.2. The molecule has 1 saturated heterocycles. The SMILES string of the molecule is Nc1c(Cl)cccc1N1CC(S(N)(=O)=O)CC1=O. The van der Waals surface area contributed by atoms with E-state index in [0.717, 1.165) is 0 Å². The van der Waals surface area contributed by atoms with Crippen molar-refractivity contribution in [3.63, 3.8) is 0 Å². The fraction of sp³-hybridized carbons (Fsp3) is 0.300. The van der Waals surface area contributed by atoms with E-state index in [-0.39, 0.29) is 24.6 Å². The molecule has 8 heteroatoms. The van der Waals surface area contributed by atoms with Crippen LogP contribution in [0.4, 0.5) is 11.4 Å². The summed E-state index contributed by atoms with van der Waals surface area (Å²) in [6.45, 7) is 0.00219. The highest BCUT2D eigenvalue weighted by Gasteiger charge is 2.37. The number of anilines is 2. The minimum atomic E-state index is -3.74. The molecule has 1 fully saturated rings. The Morgan fingerprint density at radius 1 is 1.39 bits per heavy atom. The second-order valence-corrected chi connectivity index (χ2v) is 6.34. The zero-order valence-electron chi connectivity index (χ0n) is 9.34. The van der Waals surface area contributed by atoms with Crippen molar-refractivity contribution < 1.29 is 13.2 Å². The summed E-state index contributed by atoms with van der Waals surface area (Å²) in [6, 6.07) is 4.86. The molecule has 2 rings (SSSR count). The minimum Gasteiger partial charge on any atom is -0.396 e. The lowest BCUT2D eigenvalue weighted by Crippen LogP contribution is -2.32. The van der Waals surface area contributed by atoms with E-state index < -0.39 is 15.3 Å². The first-order chi connectivity index (χ1) is 8.30. The van der Waals surface area contributed by atoms with Crippen LogP contribution in [0.2, 0.25) is 5.02 Å². The Labute approximate surface area is 110 Å². The first kappa shape index (κ1) is 13.1. The number of carbonyl (C=O) groups is 1. The quantitative estimate of drug-likeness (QED) is 0.764. The highest BCUT2D eigenvalue weighted by atomic mass is 35.5. The molecule has 1 atom stereocenters. The molecule has 0 spiro atoms. The van der Waals surface area contributed by atoms with Gasteiger partial charge < -0.3 is 10.6 Å². The fourth-order valence-corrected chi connectivity index (χ4v) is 2.79. The highest BCUT2D eigenvalue weighted by molar-refractivity contribution is 7.89. The molecule has 0 saturated carbocycles. The maximum Gasteiger partial charge on any atom is 0.228 e. The summed E-state index contributed by atoms with van der Waals surface area (Å²) in [5.41, 5.74) is 6.44. The van der Waals surface area contributed by atoms with Gasteiger partial charge in [0.05, 0.1) is 16.4 Å². The van der Waals surface area contributed by atoms with E-state index in [1.807, 2.05) is 0 Å². The summed E-state index contributed by atoms with van der Waals surface area (Å²) in [4.78, 5) is 13.1. The van der Waals surface area contributed by atoms with Gasteiger partial charge in [-0.25, -0.2) is 13.6 Å². The first-order valence-corrected chi connectivity index (χ1v) is 7.15. The number of amides is 1. The number of rotatable bonds is 2. The van der Waals surface area contributed by atoms with Crippen LogP contribution in [-0.4, -0.2) is 26.1 Å². The summed E-state index contributed by atoms with van der Waals surface area (Å²) in [7, 11) is -3.74. The van der Waals surface area contributed by atoms with Crippen molar-refractivity contribution in [2.24, 2.45) is 5.14 Å². The van der Waals surface area contributed by atoms with Gasteiger partial charge in [0, 0.05) is 13.0 Å². The van der Waals surface area contributed by atoms with Gasteiger partial charge in [-0.1, -0.05) is 17.7 Å². The van der Waals surface area contributed by atoms with Crippen molar-refractivity contribution in [1.82, 2.24) is 0 Å². The molecule has 0 aliphatic carbocycles. The van der Waals surface area contributed by atoms with Gasteiger partial charge in [-0.2, -0.15) is 0 Å². The van der Waals surface area contributed by atoms with E-state index in [1.54, 1.807) is 18.2 Å². The number of primary sulfonamides is 1. The molecule has 1 aromatic rings. The van der Waals surface area contributed by atoms with Crippen molar-refractivity contribution in [2.45, 2.75) is 11.7 Å². The van der Waals surface area contributed by atoms with Gasteiger partial charge in [0.1, 0.15) is 5.25 Å². The van der Waals surface area contributed by atoms with Crippen LogP contribution in [0.3, 0.4) is 0 Å². The maximum atomic E-state index is 11.8. The van der Waals surface area contributed by atoms with Gasteiger partial charge in [0.25, 0.3) is 0 Å². The third kappa shape index (κ3) is 2.29. The van der Waals surface area contributed by atoms with Crippen LogP contribution in [0, 0.1) is 0 Å². The highest BCUT2D eigenvalue weighted by Crippen LogP contribution is 2.33. The molecule has 1 aromatic carbocycles. The van der Waals surface area contributed by atoms with Gasteiger partial charge in [-0.3, -0.25) is 4.79 Å². The van der Waals surface area contributed by atoms with Crippen molar-refractivity contribution in [1.29, 1.82) is 0 Å². The average molecular weight is 290 g/mol. The largest absolute Gasteiger partial charge is 0.396 e. The van der Waals surface area contributed by atoms with Crippen LogP contribution in [0.5, 0.6) is 0 Å². The molecule has 0 radical (unpaired) electrons. The summed E-state index contributed by atoms with van der Waals surface area (Å²) in [5, 5.41) is 4.47. The zero-order chi connectivity index (χ0) is 13.5. The Balaban J connectivity index is 2.36. The van der Waals surface area contributed by atoms with Gasteiger partial charge in [-0.15, -0.1) is 0 Å². The summed E-state index contributed by atoms with van der Waals surface area (Å²) >= 11 is 5.86. The minimum absolute atomic E-state index is 0.00219. The summed E-state index contributed by atoms with van der Waals surface area (Å²) in [6.07, 6.45) is -0.134. The van der Waals surface area contributed by atoms with Crippen LogP contribution in [0.25, 0.3) is 0 Å². The van der Waals surface area contributed by atoms with Gasteiger partial charge in [-0.05, 0) is 12.1 Å². The molecule has 4 N–H and O–H groups in total. The van der Waals surface area contributed by atoms with Crippen molar-refractivity contribution in [3.8, 4) is 0 Å². The molecule has 1 amide bonds.